The van der Waals surface area contributed by atoms with Crippen molar-refractivity contribution in [3.8, 4) is 11.4 Å². The lowest BCUT2D eigenvalue weighted by Crippen LogP contribution is -2.10. The van der Waals surface area contributed by atoms with E-state index in [2.05, 4.69) is 20.5 Å². The molecule has 0 aliphatic rings. The van der Waals surface area contributed by atoms with Gasteiger partial charge in [-0.2, -0.15) is 8.42 Å². The minimum absolute atomic E-state index is 0.0106. The molecule has 3 aromatic rings. The smallest absolute Gasteiger partial charge is 0.340 e. The molecule has 0 atom stereocenters. The second-order valence-corrected chi connectivity index (χ2v) is 6.54. The van der Waals surface area contributed by atoms with E-state index in [1.807, 2.05) is 0 Å². The highest BCUT2D eigenvalue weighted by molar-refractivity contribution is 7.87. The average Bonchev–Trinajstić information content (AvgIpc) is 3.04. The first-order valence-corrected chi connectivity index (χ1v) is 8.21. The van der Waals surface area contributed by atoms with E-state index in [-0.39, 0.29) is 20.8 Å². The van der Waals surface area contributed by atoms with Crippen LogP contribution in [0.4, 0.5) is 0 Å². The number of aromatic nitrogens is 5. The summed E-state index contributed by atoms with van der Waals surface area (Å²) in [6, 6.07) is 7.32. The normalized spacial score (nSPS) is 11.4. The molecule has 8 nitrogen and oxygen atoms in total. The third-order valence-electron chi connectivity index (χ3n) is 2.72. The lowest BCUT2D eigenvalue weighted by molar-refractivity contribution is 0.485. The molecule has 1 aromatic carbocycles. The number of rotatable bonds is 4. The number of halogens is 2. The van der Waals surface area contributed by atoms with Gasteiger partial charge in [-0.1, -0.05) is 23.2 Å². The zero-order valence-corrected chi connectivity index (χ0v) is 13.5. The summed E-state index contributed by atoms with van der Waals surface area (Å²) in [5, 5.41) is 10.8. The van der Waals surface area contributed by atoms with Gasteiger partial charge in [0, 0.05) is 0 Å². The zero-order valence-electron chi connectivity index (χ0n) is 11.2. The van der Waals surface area contributed by atoms with E-state index in [1.54, 1.807) is 12.1 Å². The second-order valence-electron chi connectivity index (χ2n) is 4.23. The Balaban J connectivity index is 1.84. The molecule has 0 saturated heterocycles. The van der Waals surface area contributed by atoms with Crippen LogP contribution in [0.2, 0.25) is 10.2 Å². The van der Waals surface area contributed by atoms with E-state index in [4.69, 9.17) is 27.4 Å². The highest BCUT2D eigenvalue weighted by Gasteiger charge is 2.19. The SMILES string of the molecule is O=S(=O)(Oc1ccc(-n2cnnn2)cc1)c1cnc(Cl)c(Cl)c1. The van der Waals surface area contributed by atoms with E-state index in [0.29, 0.717) is 5.69 Å². The van der Waals surface area contributed by atoms with Gasteiger partial charge in [0.1, 0.15) is 22.1 Å². The first-order valence-electron chi connectivity index (χ1n) is 6.05. The van der Waals surface area contributed by atoms with E-state index in [1.165, 1.54) is 29.2 Å². The molecular weight excluding hydrogens is 365 g/mol. The van der Waals surface area contributed by atoms with Crippen molar-refractivity contribution in [3.05, 3.63) is 53.0 Å². The fourth-order valence-electron chi connectivity index (χ4n) is 1.65. The molecule has 2 heterocycles. The van der Waals surface area contributed by atoms with Crippen molar-refractivity contribution in [1.29, 1.82) is 0 Å². The molecule has 0 aliphatic heterocycles. The van der Waals surface area contributed by atoms with Crippen LogP contribution < -0.4 is 4.18 Å². The Hall–Kier alpha value is -2.23. The van der Waals surface area contributed by atoms with Crippen molar-refractivity contribution in [1.82, 2.24) is 25.2 Å². The van der Waals surface area contributed by atoms with Crippen molar-refractivity contribution < 1.29 is 12.6 Å². The molecule has 0 amide bonds. The van der Waals surface area contributed by atoms with Gasteiger partial charge in [0.25, 0.3) is 0 Å². The van der Waals surface area contributed by atoms with E-state index < -0.39 is 10.1 Å². The molecular formula is C12H7Cl2N5O3S. The third-order valence-corrected chi connectivity index (χ3v) is 4.61. The largest absolute Gasteiger partial charge is 0.379 e. The topological polar surface area (TPSA) is 99.9 Å². The Morgan fingerprint density at radius 1 is 1.13 bits per heavy atom. The fourth-order valence-corrected chi connectivity index (χ4v) is 2.89. The molecule has 0 fully saturated rings. The molecule has 0 saturated carbocycles. The zero-order chi connectivity index (χ0) is 16.4. The van der Waals surface area contributed by atoms with Crippen LogP contribution in [0, 0.1) is 0 Å². The van der Waals surface area contributed by atoms with E-state index >= 15 is 0 Å². The molecule has 2 aromatic heterocycles. The summed E-state index contributed by atoms with van der Waals surface area (Å²) in [5.74, 6) is 0.118. The molecule has 23 heavy (non-hydrogen) atoms. The summed E-state index contributed by atoms with van der Waals surface area (Å²) in [4.78, 5) is 3.49. The summed E-state index contributed by atoms with van der Waals surface area (Å²) in [5.41, 5.74) is 0.649. The molecule has 0 spiro atoms. The number of tetrazole rings is 1. The highest BCUT2D eigenvalue weighted by Crippen LogP contribution is 2.25. The maximum absolute atomic E-state index is 12.2. The van der Waals surface area contributed by atoms with Gasteiger partial charge >= 0.3 is 10.1 Å². The van der Waals surface area contributed by atoms with Gasteiger partial charge in [0.2, 0.25) is 0 Å². The van der Waals surface area contributed by atoms with Crippen LogP contribution in [0.5, 0.6) is 5.75 Å². The fraction of sp³-hybridized carbons (Fsp3) is 0. The number of hydrogen-bond donors (Lipinski definition) is 0. The van der Waals surface area contributed by atoms with Crippen LogP contribution in [0.25, 0.3) is 5.69 Å². The van der Waals surface area contributed by atoms with Gasteiger partial charge in [-0.3, -0.25) is 0 Å². The van der Waals surface area contributed by atoms with E-state index in [0.717, 1.165) is 6.20 Å². The van der Waals surface area contributed by atoms with Crippen LogP contribution in [-0.4, -0.2) is 33.6 Å². The molecule has 0 unspecified atom stereocenters. The van der Waals surface area contributed by atoms with Crippen molar-refractivity contribution in [2.45, 2.75) is 4.90 Å². The van der Waals surface area contributed by atoms with Crippen LogP contribution >= 0.6 is 23.2 Å². The van der Waals surface area contributed by atoms with Gasteiger partial charge in [-0.05, 0) is 40.8 Å². The molecule has 118 valence electrons. The lowest BCUT2D eigenvalue weighted by atomic mass is 10.3. The molecule has 0 radical (unpaired) electrons. The predicted molar refractivity (Wildman–Crippen MR) is 81.2 cm³/mol. The molecule has 0 N–H and O–H groups in total. The van der Waals surface area contributed by atoms with Gasteiger partial charge in [0.15, 0.2) is 0 Å². The van der Waals surface area contributed by atoms with Crippen LogP contribution in [0.1, 0.15) is 0 Å². The Kier molecular flexibility index (Phi) is 4.16. The van der Waals surface area contributed by atoms with Gasteiger partial charge in [0.05, 0.1) is 16.9 Å². The third kappa shape index (κ3) is 3.41. The summed E-state index contributed by atoms with van der Waals surface area (Å²) < 4.78 is 30.8. The van der Waals surface area contributed by atoms with Crippen molar-refractivity contribution in [2.75, 3.05) is 0 Å². The number of nitrogens with zero attached hydrogens (tertiary/aromatic N) is 5. The minimum Gasteiger partial charge on any atom is -0.379 e. The molecule has 0 bridgehead atoms. The maximum Gasteiger partial charge on any atom is 0.340 e. The summed E-state index contributed by atoms with van der Waals surface area (Å²) >= 11 is 11.4. The van der Waals surface area contributed by atoms with Crippen LogP contribution in [0.15, 0.2) is 47.8 Å². The second kappa shape index (κ2) is 6.11. The number of pyridine rings is 1. The monoisotopic (exact) mass is 371 g/mol. The van der Waals surface area contributed by atoms with Crippen molar-refractivity contribution in [2.24, 2.45) is 0 Å². The number of benzene rings is 1. The standard InChI is InChI=1S/C12H7Cl2N5O3S/c13-11-5-10(6-15-12(11)14)23(20,21)22-9-3-1-8(2-4-9)19-7-16-17-18-19/h1-7H. The van der Waals surface area contributed by atoms with Gasteiger partial charge in [-0.15, -0.1) is 5.10 Å². The average molecular weight is 372 g/mol. The summed E-state index contributed by atoms with van der Waals surface area (Å²) in [6.07, 6.45) is 2.48. The Morgan fingerprint density at radius 2 is 1.87 bits per heavy atom. The Labute approximate surface area is 140 Å². The molecule has 0 aliphatic carbocycles. The van der Waals surface area contributed by atoms with Crippen molar-refractivity contribution in [3.63, 3.8) is 0 Å². The summed E-state index contributed by atoms with van der Waals surface area (Å²) in [6.45, 7) is 0. The Morgan fingerprint density at radius 3 is 2.48 bits per heavy atom. The lowest BCUT2D eigenvalue weighted by Gasteiger charge is -2.08. The first kappa shape index (κ1) is 15.7. The van der Waals surface area contributed by atoms with Crippen LogP contribution in [-0.2, 0) is 10.1 Å². The maximum atomic E-state index is 12.2. The van der Waals surface area contributed by atoms with Gasteiger partial charge in [-0.25, -0.2) is 9.67 Å². The van der Waals surface area contributed by atoms with Crippen molar-refractivity contribution >= 4 is 33.3 Å². The quantitative estimate of drug-likeness (QED) is 0.511. The first-order chi connectivity index (χ1) is 11.0. The summed E-state index contributed by atoms with van der Waals surface area (Å²) in [7, 11) is -4.07. The van der Waals surface area contributed by atoms with Crippen LogP contribution in [0.3, 0.4) is 0 Å². The molecule has 11 heteroatoms. The predicted octanol–water partition coefficient (Wildman–Crippen LogP) is 2.13. The molecule has 3 rings (SSSR count). The highest BCUT2D eigenvalue weighted by atomic mass is 35.5. The Bertz CT molecular complexity index is 930. The van der Waals surface area contributed by atoms with Gasteiger partial charge < -0.3 is 4.18 Å². The minimum atomic E-state index is -4.07. The van der Waals surface area contributed by atoms with E-state index in [9.17, 15) is 8.42 Å². The number of hydrogen-bond acceptors (Lipinski definition) is 7.